The molecule has 0 bridgehead atoms. The van der Waals surface area contributed by atoms with E-state index < -0.39 is 0 Å². The fourth-order valence-corrected chi connectivity index (χ4v) is 3.94. The van der Waals surface area contributed by atoms with Crippen molar-refractivity contribution in [2.75, 3.05) is 40.3 Å². The summed E-state index contributed by atoms with van der Waals surface area (Å²) in [5.74, 6) is 0.713. The van der Waals surface area contributed by atoms with Crippen LogP contribution in [0.4, 0.5) is 0 Å². The molecule has 3 aromatic rings. The lowest BCUT2D eigenvalue weighted by Gasteiger charge is -2.32. The second-order valence-electron chi connectivity index (χ2n) is 6.82. The Labute approximate surface area is 163 Å². The highest BCUT2D eigenvalue weighted by Gasteiger charge is 2.28. The molecule has 1 aromatic heterocycles. The number of carbonyl (C=O) groups is 1. The largest absolute Gasteiger partial charge is 0.497 e. The molecule has 1 saturated heterocycles. The van der Waals surface area contributed by atoms with Gasteiger partial charge in [0, 0.05) is 43.3 Å². The zero-order valence-corrected chi connectivity index (χ0v) is 16.2. The van der Waals surface area contributed by atoms with Gasteiger partial charge >= 0.3 is 0 Å². The third-order valence-electron chi connectivity index (χ3n) is 5.14. The average molecular weight is 384 g/mol. The predicted molar refractivity (Wildman–Crippen MR) is 108 cm³/mol. The Bertz CT molecular complexity index is 976. The van der Waals surface area contributed by atoms with Crippen LogP contribution in [0.25, 0.3) is 16.6 Å². The first-order valence-electron chi connectivity index (χ1n) is 9.01. The number of aromatic nitrogens is 1. The molecule has 0 saturated carbocycles. The third kappa shape index (κ3) is 3.17. The van der Waals surface area contributed by atoms with Crippen molar-refractivity contribution in [3.05, 3.63) is 59.2 Å². The summed E-state index contributed by atoms with van der Waals surface area (Å²) in [5, 5.41) is 1.28. The first kappa shape index (κ1) is 17.9. The Kier molecular flexibility index (Phi) is 4.81. The summed E-state index contributed by atoms with van der Waals surface area (Å²) in [4.78, 5) is 17.4. The van der Waals surface area contributed by atoms with Gasteiger partial charge in [0.15, 0.2) is 0 Å². The number of nitrogens with zero attached hydrogens (tertiary/aromatic N) is 3. The van der Waals surface area contributed by atoms with Gasteiger partial charge in [0.05, 0.1) is 18.2 Å². The maximum Gasteiger partial charge on any atom is 0.257 e. The number of piperazine rings is 1. The Morgan fingerprint density at radius 3 is 2.41 bits per heavy atom. The van der Waals surface area contributed by atoms with Crippen molar-refractivity contribution in [3.63, 3.8) is 0 Å². The zero-order valence-electron chi connectivity index (χ0n) is 15.5. The number of benzene rings is 2. The molecule has 1 aliphatic rings. The fraction of sp³-hybridized carbons (Fsp3) is 0.286. The number of methoxy groups -OCH3 is 1. The number of para-hydroxylation sites is 1. The third-order valence-corrected chi connectivity index (χ3v) is 5.49. The smallest absolute Gasteiger partial charge is 0.257 e. The minimum Gasteiger partial charge on any atom is -0.497 e. The molecule has 0 atom stereocenters. The molecule has 0 N–H and O–H groups in total. The normalized spacial score (nSPS) is 15.3. The van der Waals surface area contributed by atoms with E-state index in [1.165, 1.54) is 0 Å². The van der Waals surface area contributed by atoms with Crippen molar-refractivity contribution in [2.24, 2.45) is 0 Å². The fourth-order valence-electron chi connectivity index (χ4n) is 3.56. The lowest BCUT2D eigenvalue weighted by atomic mass is 10.1. The van der Waals surface area contributed by atoms with Gasteiger partial charge in [-0.1, -0.05) is 29.8 Å². The lowest BCUT2D eigenvalue weighted by Crippen LogP contribution is -2.47. The highest BCUT2D eigenvalue weighted by Crippen LogP contribution is 2.36. The van der Waals surface area contributed by atoms with Crippen molar-refractivity contribution in [3.8, 4) is 11.4 Å². The van der Waals surface area contributed by atoms with E-state index >= 15 is 0 Å². The zero-order chi connectivity index (χ0) is 19.0. The van der Waals surface area contributed by atoms with Gasteiger partial charge in [-0.2, -0.15) is 0 Å². The summed E-state index contributed by atoms with van der Waals surface area (Å²) in [6, 6.07) is 15.6. The van der Waals surface area contributed by atoms with E-state index in [1.807, 2.05) is 58.0 Å². The summed E-state index contributed by atoms with van der Waals surface area (Å²) in [5.41, 5.74) is 2.34. The van der Waals surface area contributed by atoms with E-state index in [0.29, 0.717) is 23.8 Å². The van der Waals surface area contributed by atoms with Gasteiger partial charge < -0.3 is 14.5 Å². The molecule has 0 spiro atoms. The first-order valence-corrected chi connectivity index (χ1v) is 9.39. The number of halogens is 1. The average Bonchev–Trinajstić information content (AvgIpc) is 2.99. The number of amides is 1. The number of carbonyl (C=O) groups excluding carboxylic acids is 1. The summed E-state index contributed by atoms with van der Waals surface area (Å²) in [7, 11) is 3.71. The van der Waals surface area contributed by atoms with Crippen LogP contribution in [0.5, 0.6) is 5.75 Å². The summed E-state index contributed by atoms with van der Waals surface area (Å²) >= 11 is 6.79. The Morgan fingerprint density at radius 1 is 1.04 bits per heavy atom. The van der Waals surface area contributed by atoms with E-state index in [4.69, 9.17) is 16.3 Å². The molecule has 1 aliphatic heterocycles. The number of hydrogen-bond donors (Lipinski definition) is 0. The molecule has 4 rings (SSSR count). The summed E-state index contributed by atoms with van der Waals surface area (Å²) < 4.78 is 7.31. The molecular formula is C21H22ClN3O2. The van der Waals surface area contributed by atoms with Crippen LogP contribution >= 0.6 is 11.6 Å². The van der Waals surface area contributed by atoms with E-state index in [1.54, 1.807) is 7.11 Å². The molecule has 6 heteroatoms. The number of fused-ring (bicyclic) bond motifs is 1. The lowest BCUT2D eigenvalue weighted by molar-refractivity contribution is 0.0666. The van der Waals surface area contributed by atoms with Gasteiger partial charge in [0.2, 0.25) is 0 Å². The molecular weight excluding hydrogens is 362 g/mol. The quantitative estimate of drug-likeness (QED) is 0.692. The van der Waals surface area contributed by atoms with Gasteiger partial charge in [-0.3, -0.25) is 9.36 Å². The first-order chi connectivity index (χ1) is 13.1. The Morgan fingerprint density at radius 2 is 1.74 bits per heavy atom. The van der Waals surface area contributed by atoms with Crippen molar-refractivity contribution in [1.82, 2.24) is 14.4 Å². The van der Waals surface area contributed by atoms with Gasteiger partial charge in [0.1, 0.15) is 10.9 Å². The van der Waals surface area contributed by atoms with Gasteiger partial charge in [-0.15, -0.1) is 0 Å². The van der Waals surface area contributed by atoms with E-state index in [0.717, 1.165) is 35.4 Å². The van der Waals surface area contributed by atoms with Gasteiger partial charge in [-0.05, 0) is 31.3 Å². The molecule has 5 nitrogen and oxygen atoms in total. The van der Waals surface area contributed by atoms with Crippen LogP contribution in [0, 0.1) is 0 Å². The Balaban J connectivity index is 1.88. The second-order valence-corrected chi connectivity index (χ2v) is 7.17. The van der Waals surface area contributed by atoms with Crippen LogP contribution in [0.1, 0.15) is 10.4 Å². The monoisotopic (exact) mass is 383 g/mol. The minimum absolute atomic E-state index is 0.0158. The highest BCUT2D eigenvalue weighted by atomic mass is 35.5. The minimum atomic E-state index is -0.0158. The van der Waals surface area contributed by atoms with Crippen LogP contribution in [0.15, 0.2) is 48.5 Å². The second kappa shape index (κ2) is 7.25. The number of ether oxygens (including phenoxy) is 1. The van der Waals surface area contributed by atoms with Crippen LogP contribution in [0.3, 0.4) is 0 Å². The Hall–Kier alpha value is -2.50. The molecule has 27 heavy (non-hydrogen) atoms. The van der Waals surface area contributed by atoms with Gasteiger partial charge in [-0.25, -0.2) is 0 Å². The van der Waals surface area contributed by atoms with E-state index in [2.05, 4.69) is 11.9 Å². The molecule has 0 radical (unpaired) electrons. The molecule has 140 valence electrons. The van der Waals surface area contributed by atoms with Crippen molar-refractivity contribution in [2.45, 2.75) is 0 Å². The molecule has 1 amide bonds. The number of likely N-dealkylation sites (N-methyl/N-ethyl adjacent to an activating group) is 1. The molecule has 1 fully saturated rings. The van der Waals surface area contributed by atoms with Crippen molar-refractivity contribution < 1.29 is 9.53 Å². The van der Waals surface area contributed by atoms with E-state index in [-0.39, 0.29) is 5.91 Å². The van der Waals surface area contributed by atoms with Crippen LogP contribution in [-0.4, -0.2) is 60.6 Å². The van der Waals surface area contributed by atoms with Gasteiger partial charge in [0.25, 0.3) is 5.91 Å². The van der Waals surface area contributed by atoms with Crippen LogP contribution < -0.4 is 4.74 Å². The maximum absolute atomic E-state index is 13.3. The van der Waals surface area contributed by atoms with Crippen molar-refractivity contribution in [1.29, 1.82) is 0 Å². The topological polar surface area (TPSA) is 37.7 Å². The predicted octanol–water partition coefficient (Wildman–Crippen LogP) is 3.68. The van der Waals surface area contributed by atoms with Crippen LogP contribution in [-0.2, 0) is 0 Å². The number of hydrogen-bond acceptors (Lipinski definition) is 3. The number of rotatable bonds is 3. The highest BCUT2D eigenvalue weighted by molar-refractivity contribution is 6.36. The standard InChI is InChI=1S/C21H22ClN3O2/c1-23-10-12-24(13-11-23)21(26)19-17-9-8-16(27-2)14-18(17)25(20(19)22)15-6-4-3-5-7-15/h3-9,14H,10-13H2,1-2H3. The van der Waals surface area contributed by atoms with Crippen molar-refractivity contribution >= 4 is 28.4 Å². The molecule has 2 heterocycles. The molecule has 0 aliphatic carbocycles. The summed E-state index contributed by atoms with van der Waals surface area (Å²) in [6.07, 6.45) is 0. The van der Waals surface area contributed by atoms with E-state index in [9.17, 15) is 4.79 Å². The SMILES string of the molecule is COc1ccc2c(C(=O)N3CCN(C)CC3)c(Cl)n(-c3ccccc3)c2c1. The van der Waals surface area contributed by atoms with Crippen LogP contribution in [0.2, 0.25) is 5.15 Å². The molecule has 0 unspecified atom stereocenters. The maximum atomic E-state index is 13.3. The molecule has 2 aromatic carbocycles. The summed E-state index contributed by atoms with van der Waals surface area (Å²) in [6.45, 7) is 3.16.